The third kappa shape index (κ3) is 3.50. The lowest BCUT2D eigenvalue weighted by Crippen LogP contribution is -2.36. The van der Waals surface area contributed by atoms with Crippen molar-refractivity contribution in [3.8, 4) is 5.75 Å². The molecule has 0 spiro atoms. The Balaban J connectivity index is 2.21. The summed E-state index contributed by atoms with van der Waals surface area (Å²) in [6, 6.07) is 8.80. The van der Waals surface area contributed by atoms with E-state index in [-0.39, 0.29) is 0 Å². The summed E-state index contributed by atoms with van der Waals surface area (Å²) in [4.78, 5) is 0. The van der Waals surface area contributed by atoms with Crippen molar-refractivity contribution < 1.29 is 4.74 Å². The van der Waals surface area contributed by atoms with Gasteiger partial charge in [-0.1, -0.05) is 37.8 Å². The topological polar surface area (TPSA) is 21.3 Å². The van der Waals surface area contributed by atoms with E-state index in [1.807, 2.05) is 6.92 Å². The molecule has 1 fully saturated rings. The van der Waals surface area contributed by atoms with Gasteiger partial charge in [0.2, 0.25) is 0 Å². The summed E-state index contributed by atoms with van der Waals surface area (Å²) >= 11 is 0. The van der Waals surface area contributed by atoms with Gasteiger partial charge in [0.15, 0.2) is 0 Å². The highest BCUT2D eigenvalue weighted by Crippen LogP contribution is 2.38. The molecule has 0 atom stereocenters. The van der Waals surface area contributed by atoms with Crippen LogP contribution in [0.1, 0.15) is 51.0 Å². The summed E-state index contributed by atoms with van der Waals surface area (Å²) in [5.41, 5.74) is 1.81. The van der Waals surface area contributed by atoms with Gasteiger partial charge in [0.1, 0.15) is 5.75 Å². The molecule has 0 amide bonds. The number of hydrogen-bond acceptors (Lipinski definition) is 2. The zero-order valence-corrected chi connectivity index (χ0v) is 12.4. The van der Waals surface area contributed by atoms with Crippen LogP contribution in [0.4, 0.5) is 0 Å². The van der Waals surface area contributed by atoms with E-state index in [9.17, 15) is 0 Å². The molecule has 0 heterocycles. The average molecular weight is 261 g/mol. The maximum absolute atomic E-state index is 5.55. The van der Waals surface area contributed by atoms with Crippen molar-refractivity contribution in [2.75, 3.05) is 20.2 Å². The standard InChI is InChI=1S/C17H27NO/c1-3-19-16-10-8-15(9-11-16)17(14-18-2)12-6-4-5-7-13-17/h8-11,18H,3-7,12-14H2,1-2H3. The van der Waals surface area contributed by atoms with Crippen molar-refractivity contribution in [2.45, 2.75) is 50.9 Å². The molecule has 0 unspecified atom stereocenters. The van der Waals surface area contributed by atoms with Gasteiger partial charge in [-0.25, -0.2) is 0 Å². The normalized spacial score (nSPS) is 18.8. The predicted molar refractivity (Wildman–Crippen MR) is 80.9 cm³/mol. The molecule has 0 radical (unpaired) electrons. The molecule has 0 aromatic heterocycles. The van der Waals surface area contributed by atoms with E-state index >= 15 is 0 Å². The van der Waals surface area contributed by atoms with E-state index in [1.165, 1.54) is 44.1 Å². The quantitative estimate of drug-likeness (QED) is 0.812. The molecule has 1 saturated carbocycles. The summed E-state index contributed by atoms with van der Waals surface area (Å²) in [5, 5.41) is 3.41. The minimum absolute atomic E-state index is 0.329. The van der Waals surface area contributed by atoms with Gasteiger partial charge < -0.3 is 10.1 Å². The molecule has 0 bridgehead atoms. The van der Waals surface area contributed by atoms with E-state index in [4.69, 9.17) is 4.74 Å². The Morgan fingerprint density at radius 1 is 1.05 bits per heavy atom. The van der Waals surface area contributed by atoms with E-state index in [0.29, 0.717) is 5.41 Å². The second kappa shape index (κ2) is 6.95. The van der Waals surface area contributed by atoms with E-state index in [2.05, 4.69) is 36.6 Å². The monoisotopic (exact) mass is 261 g/mol. The van der Waals surface area contributed by atoms with Gasteiger partial charge in [0.25, 0.3) is 0 Å². The Hall–Kier alpha value is -1.02. The van der Waals surface area contributed by atoms with Crippen LogP contribution in [0.2, 0.25) is 0 Å². The van der Waals surface area contributed by atoms with Crippen molar-refractivity contribution in [3.05, 3.63) is 29.8 Å². The molecule has 1 aliphatic rings. The first-order valence-electron chi connectivity index (χ1n) is 7.69. The van der Waals surface area contributed by atoms with Crippen LogP contribution >= 0.6 is 0 Å². The van der Waals surface area contributed by atoms with Gasteiger partial charge in [-0.05, 0) is 44.5 Å². The molecule has 2 heteroatoms. The van der Waals surface area contributed by atoms with E-state index < -0.39 is 0 Å². The number of nitrogens with one attached hydrogen (secondary N) is 1. The lowest BCUT2D eigenvalue weighted by Gasteiger charge is -2.33. The molecule has 2 nitrogen and oxygen atoms in total. The Morgan fingerprint density at radius 3 is 2.21 bits per heavy atom. The van der Waals surface area contributed by atoms with Crippen molar-refractivity contribution in [1.29, 1.82) is 0 Å². The van der Waals surface area contributed by atoms with Crippen LogP contribution in [0.5, 0.6) is 5.75 Å². The number of hydrogen-bond donors (Lipinski definition) is 1. The summed E-state index contributed by atoms with van der Waals surface area (Å²) in [5.74, 6) is 0.986. The molecule has 2 rings (SSSR count). The highest BCUT2D eigenvalue weighted by atomic mass is 16.5. The molecular weight excluding hydrogens is 234 g/mol. The minimum atomic E-state index is 0.329. The van der Waals surface area contributed by atoms with Gasteiger partial charge in [0.05, 0.1) is 6.61 Å². The van der Waals surface area contributed by atoms with Crippen LogP contribution in [-0.4, -0.2) is 20.2 Å². The average Bonchev–Trinajstić information content (AvgIpc) is 2.67. The second-order valence-electron chi connectivity index (χ2n) is 5.68. The number of rotatable bonds is 5. The summed E-state index contributed by atoms with van der Waals surface area (Å²) in [6.45, 7) is 3.85. The van der Waals surface area contributed by atoms with Crippen LogP contribution in [0, 0.1) is 0 Å². The van der Waals surface area contributed by atoms with E-state index in [1.54, 1.807) is 0 Å². The number of ether oxygens (including phenoxy) is 1. The van der Waals surface area contributed by atoms with Crippen LogP contribution in [-0.2, 0) is 5.41 Å². The third-order valence-electron chi connectivity index (χ3n) is 4.35. The van der Waals surface area contributed by atoms with Gasteiger partial charge in [-0.15, -0.1) is 0 Å². The molecule has 1 aromatic rings. The zero-order chi connectivity index (χ0) is 13.6. The van der Waals surface area contributed by atoms with Gasteiger partial charge >= 0.3 is 0 Å². The Labute approximate surface area is 117 Å². The SMILES string of the molecule is CCOc1ccc(C2(CNC)CCCCCC2)cc1. The highest BCUT2D eigenvalue weighted by molar-refractivity contribution is 5.33. The zero-order valence-electron chi connectivity index (χ0n) is 12.4. The third-order valence-corrected chi connectivity index (χ3v) is 4.35. The van der Waals surface area contributed by atoms with Crippen molar-refractivity contribution in [1.82, 2.24) is 5.32 Å². The molecule has 0 aliphatic heterocycles. The molecule has 19 heavy (non-hydrogen) atoms. The van der Waals surface area contributed by atoms with Crippen LogP contribution in [0.25, 0.3) is 0 Å². The summed E-state index contributed by atoms with van der Waals surface area (Å²) < 4.78 is 5.55. The fourth-order valence-electron chi connectivity index (χ4n) is 3.38. The van der Waals surface area contributed by atoms with Crippen LogP contribution < -0.4 is 10.1 Å². The fraction of sp³-hybridized carbons (Fsp3) is 0.647. The molecule has 0 saturated heterocycles. The number of benzene rings is 1. The second-order valence-corrected chi connectivity index (χ2v) is 5.68. The van der Waals surface area contributed by atoms with Crippen molar-refractivity contribution >= 4 is 0 Å². The summed E-state index contributed by atoms with van der Waals surface area (Å²) in [6.07, 6.45) is 8.11. The highest BCUT2D eigenvalue weighted by Gasteiger charge is 2.32. The van der Waals surface area contributed by atoms with Crippen LogP contribution in [0.3, 0.4) is 0 Å². The number of likely N-dealkylation sites (N-methyl/N-ethyl adjacent to an activating group) is 1. The van der Waals surface area contributed by atoms with Crippen molar-refractivity contribution in [2.24, 2.45) is 0 Å². The molecule has 1 aromatic carbocycles. The smallest absolute Gasteiger partial charge is 0.119 e. The minimum Gasteiger partial charge on any atom is -0.494 e. The lowest BCUT2D eigenvalue weighted by atomic mass is 9.74. The Bertz CT molecular complexity index is 363. The predicted octanol–water partition coefficient (Wildman–Crippen LogP) is 3.90. The first-order chi connectivity index (χ1) is 9.30. The van der Waals surface area contributed by atoms with Gasteiger partial charge in [0, 0.05) is 12.0 Å². The Morgan fingerprint density at radius 2 is 1.68 bits per heavy atom. The maximum Gasteiger partial charge on any atom is 0.119 e. The molecule has 1 N–H and O–H groups in total. The molecule has 106 valence electrons. The Kier molecular flexibility index (Phi) is 5.26. The van der Waals surface area contributed by atoms with Crippen LogP contribution in [0.15, 0.2) is 24.3 Å². The lowest BCUT2D eigenvalue weighted by molar-refractivity contribution is 0.337. The summed E-state index contributed by atoms with van der Waals surface area (Å²) in [7, 11) is 2.07. The first-order valence-corrected chi connectivity index (χ1v) is 7.69. The van der Waals surface area contributed by atoms with Gasteiger partial charge in [-0.3, -0.25) is 0 Å². The molecular formula is C17H27NO. The maximum atomic E-state index is 5.55. The fourth-order valence-corrected chi connectivity index (χ4v) is 3.38. The first kappa shape index (κ1) is 14.4. The largest absolute Gasteiger partial charge is 0.494 e. The molecule has 1 aliphatic carbocycles. The van der Waals surface area contributed by atoms with E-state index in [0.717, 1.165) is 18.9 Å². The van der Waals surface area contributed by atoms with Gasteiger partial charge in [-0.2, -0.15) is 0 Å². The van der Waals surface area contributed by atoms with Crippen molar-refractivity contribution in [3.63, 3.8) is 0 Å².